The first kappa shape index (κ1) is 22.8. The maximum Gasteiger partial charge on any atom is 0.365 e. The molecule has 32 heavy (non-hydrogen) atoms. The molecule has 0 bridgehead atoms. The lowest BCUT2D eigenvalue weighted by Crippen LogP contribution is -2.49. The predicted octanol–water partition coefficient (Wildman–Crippen LogP) is 5.15. The quantitative estimate of drug-likeness (QED) is 0.488. The van der Waals surface area contributed by atoms with Gasteiger partial charge in [-0.1, -0.05) is 45.9 Å². The molecule has 0 aliphatic carbocycles. The number of hydrazone groups is 1. The minimum atomic E-state index is -0.995. The number of thioether (sulfide) groups is 2. The second-order valence-electron chi connectivity index (χ2n) is 6.74. The van der Waals surface area contributed by atoms with Gasteiger partial charge in [-0.2, -0.15) is 5.10 Å². The van der Waals surface area contributed by atoms with E-state index in [-0.39, 0.29) is 11.7 Å². The second kappa shape index (κ2) is 9.21. The molecule has 0 amide bonds. The summed E-state index contributed by atoms with van der Waals surface area (Å²) >= 11 is 6.00. The van der Waals surface area contributed by atoms with Gasteiger partial charge in [0, 0.05) is 15.9 Å². The standard InChI is InChI=1S/C22H20BrN3O4S2/c1-4-30-21(28)19-24-26(17-12-10-15(23)11-13-17)22(32-19)25(16-8-6-5-7-9-16)14(2)18(31-22)20(27)29-3/h5-13H,4H2,1-3H3. The number of ether oxygens (including phenoxy) is 2. The number of hydrogen-bond acceptors (Lipinski definition) is 9. The van der Waals surface area contributed by atoms with Crippen LogP contribution in [-0.4, -0.2) is 35.0 Å². The number of rotatable bonds is 5. The zero-order valence-corrected chi connectivity index (χ0v) is 20.8. The number of methoxy groups -OCH3 is 1. The number of para-hydroxylation sites is 1. The Labute approximate surface area is 202 Å². The third kappa shape index (κ3) is 3.91. The molecule has 0 saturated carbocycles. The van der Waals surface area contributed by atoms with Crippen LogP contribution in [-0.2, 0) is 19.1 Å². The number of carbonyl (C=O) groups excluding carboxylic acids is 2. The van der Waals surface area contributed by atoms with Gasteiger partial charge in [-0.15, -0.1) is 0 Å². The molecule has 1 atom stereocenters. The lowest BCUT2D eigenvalue weighted by Gasteiger charge is -2.41. The zero-order chi connectivity index (χ0) is 22.9. The van der Waals surface area contributed by atoms with Gasteiger partial charge >= 0.3 is 11.9 Å². The summed E-state index contributed by atoms with van der Waals surface area (Å²) in [7, 11) is 1.36. The summed E-state index contributed by atoms with van der Waals surface area (Å²) in [5.74, 6) is -0.944. The molecule has 0 N–H and O–H groups in total. The van der Waals surface area contributed by atoms with Crippen molar-refractivity contribution >= 4 is 67.8 Å². The average Bonchev–Trinajstić information content (AvgIpc) is 3.32. The highest BCUT2D eigenvalue weighted by atomic mass is 79.9. The predicted molar refractivity (Wildman–Crippen MR) is 132 cm³/mol. The van der Waals surface area contributed by atoms with Gasteiger partial charge < -0.3 is 14.4 Å². The van der Waals surface area contributed by atoms with E-state index in [1.54, 1.807) is 11.9 Å². The summed E-state index contributed by atoms with van der Waals surface area (Å²) in [6.07, 6.45) is 0. The third-order valence-corrected chi connectivity index (χ3v) is 8.16. The highest BCUT2D eigenvalue weighted by Crippen LogP contribution is 2.60. The molecular weight excluding hydrogens is 514 g/mol. The van der Waals surface area contributed by atoms with E-state index in [0.29, 0.717) is 10.6 Å². The molecule has 0 radical (unpaired) electrons. The van der Waals surface area contributed by atoms with Crippen molar-refractivity contribution in [2.45, 2.75) is 18.2 Å². The van der Waals surface area contributed by atoms with Crippen LogP contribution in [0.5, 0.6) is 0 Å². The van der Waals surface area contributed by atoms with Crippen LogP contribution >= 0.6 is 39.5 Å². The number of hydrogen-bond donors (Lipinski definition) is 0. The Hall–Kier alpha value is -2.43. The molecule has 2 aliphatic heterocycles. The lowest BCUT2D eigenvalue weighted by molar-refractivity contribution is -0.135. The largest absolute Gasteiger partial charge is 0.465 e. The minimum Gasteiger partial charge on any atom is -0.465 e. The Balaban J connectivity index is 1.89. The number of anilines is 2. The van der Waals surface area contributed by atoms with Gasteiger partial charge in [-0.05, 0) is 62.0 Å². The van der Waals surface area contributed by atoms with Crippen LogP contribution in [0, 0.1) is 0 Å². The van der Waals surface area contributed by atoms with Gasteiger partial charge in [0.25, 0.3) is 0 Å². The van der Waals surface area contributed by atoms with Crippen molar-refractivity contribution in [3.05, 3.63) is 69.7 Å². The number of esters is 2. The van der Waals surface area contributed by atoms with Crippen LogP contribution in [0.25, 0.3) is 0 Å². The van der Waals surface area contributed by atoms with Crippen LogP contribution in [0.15, 0.2) is 74.8 Å². The Kier molecular flexibility index (Phi) is 6.55. The monoisotopic (exact) mass is 533 g/mol. The zero-order valence-electron chi connectivity index (χ0n) is 17.6. The number of carbonyl (C=O) groups is 2. The van der Waals surface area contributed by atoms with Crippen molar-refractivity contribution in [3.63, 3.8) is 0 Å². The number of halogens is 1. The van der Waals surface area contributed by atoms with Crippen molar-refractivity contribution in [3.8, 4) is 0 Å². The minimum absolute atomic E-state index is 0.210. The van der Waals surface area contributed by atoms with Gasteiger partial charge in [0.15, 0.2) is 0 Å². The Bertz CT molecular complexity index is 1110. The molecule has 4 rings (SSSR count). The molecule has 10 heteroatoms. The molecule has 0 saturated heterocycles. The SMILES string of the molecule is CCOC(=O)C1=NN(c2ccc(Br)cc2)C2(S1)SC(C(=O)OC)=C(C)N2c1ccccc1. The van der Waals surface area contributed by atoms with E-state index in [0.717, 1.165) is 15.8 Å². The summed E-state index contributed by atoms with van der Waals surface area (Å²) in [5, 5.41) is 6.62. The van der Waals surface area contributed by atoms with E-state index in [1.165, 1.54) is 30.6 Å². The summed E-state index contributed by atoms with van der Waals surface area (Å²) < 4.78 is 10.2. The fourth-order valence-electron chi connectivity index (χ4n) is 3.41. The number of nitrogens with zero attached hydrogens (tertiary/aromatic N) is 3. The Morgan fingerprint density at radius 3 is 2.34 bits per heavy atom. The van der Waals surface area contributed by atoms with Crippen molar-refractivity contribution in [1.29, 1.82) is 0 Å². The van der Waals surface area contributed by atoms with Gasteiger partial charge in [0.2, 0.25) is 9.37 Å². The smallest absolute Gasteiger partial charge is 0.365 e. The van der Waals surface area contributed by atoms with Crippen molar-refractivity contribution < 1.29 is 19.1 Å². The molecule has 2 heterocycles. The molecule has 166 valence electrons. The fourth-order valence-corrected chi connectivity index (χ4v) is 6.65. The van der Waals surface area contributed by atoms with E-state index in [4.69, 9.17) is 9.47 Å². The van der Waals surface area contributed by atoms with Gasteiger partial charge in [0.05, 0.1) is 19.4 Å². The fraction of sp³-hybridized carbons (Fsp3) is 0.227. The average molecular weight is 534 g/mol. The van der Waals surface area contributed by atoms with E-state index in [9.17, 15) is 9.59 Å². The van der Waals surface area contributed by atoms with E-state index >= 15 is 0 Å². The normalized spacial score (nSPS) is 20.1. The van der Waals surface area contributed by atoms with E-state index < -0.39 is 16.3 Å². The van der Waals surface area contributed by atoms with Crippen LogP contribution in [0.1, 0.15) is 13.8 Å². The first-order valence-electron chi connectivity index (χ1n) is 9.75. The lowest BCUT2D eigenvalue weighted by atomic mass is 10.2. The third-order valence-electron chi connectivity index (χ3n) is 4.78. The first-order chi connectivity index (χ1) is 15.4. The maximum atomic E-state index is 12.7. The molecule has 1 unspecified atom stereocenters. The van der Waals surface area contributed by atoms with Gasteiger partial charge in [-0.25, -0.2) is 14.6 Å². The number of allylic oxidation sites excluding steroid dienone is 1. The molecule has 2 aromatic carbocycles. The summed E-state index contributed by atoms with van der Waals surface area (Å²) in [5.41, 5.74) is 2.32. The summed E-state index contributed by atoms with van der Waals surface area (Å²) in [4.78, 5) is 27.8. The number of benzene rings is 2. The molecule has 2 aromatic rings. The molecule has 1 spiro atoms. The highest BCUT2D eigenvalue weighted by Gasteiger charge is 2.58. The molecule has 2 aliphatic rings. The van der Waals surface area contributed by atoms with Crippen LogP contribution < -0.4 is 9.91 Å². The Morgan fingerprint density at radius 2 is 1.72 bits per heavy atom. The maximum absolute atomic E-state index is 12.7. The molecular formula is C22H20BrN3O4S2. The van der Waals surface area contributed by atoms with Crippen molar-refractivity contribution in [2.75, 3.05) is 23.6 Å². The van der Waals surface area contributed by atoms with Crippen molar-refractivity contribution in [2.24, 2.45) is 5.10 Å². The van der Waals surface area contributed by atoms with E-state index in [2.05, 4.69) is 21.0 Å². The molecule has 0 aromatic heterocycles. The second-order valence-corrected chi connectivity index (χ2v) is 10.3. The molecule has 0 fully saturated rings. The first-order valence-corrected chi connectivity index (χ1v) is 12.2. The summed E-state index contributed by atoms with van der Waals surface area (Å²) in [6, 6.07) is 17.3. The van der Waals surface area contributed by atoms with Crippen LogP contribution in [0.2, 0.25) is 0 Å². The topological polar surface area (TPSA) is 71.4 Å². The van der Waals surface area contributed by atoms with Crippen LogP contribution in [0.4, 0.5) is 11.4 Å². The van der Waals surface area contributed by atoms with Gasteiger partial charge in [-0.3, -0.25) is 0 Å². The van der Waals surface area contributed by atoms with Crippen LogP contribution in [0.3, 0.4) is 0 Å². The molecule has 7 nitrogen and oxygen atoms in total. The van der Waals surface area contributed by atoms with Crippen molar-refractivity contribution in [1.82, 2.24) is 0 Å². The highest BCUT2D eigenvalue weighted by molar-refractivity contribution is 9.10. The Morgan fingerprint density at radius 1 is 1.03 bits per heavy atom. The van der Waals surface area contributed by atoms with E-state index in [1.807, 2.05) is 66.4 Å². The summed E-state index contributed by atoms with van der Waals surface area (Å²) in [6.45, 7) is 3.86. The van der Waals surface area contributed by atoms with Gasteiger partial charge in [0.1, 0.15) is 4.91 Å².